The van der Waals surface area contributed by atoms with Crippen LogP contribution in [0.15, 0.2) is 0 Å². The van der Waals surface area contributed by atoms with Crippen LogP contribution in [0, 0.1) is 0 Å². The summed E-state index contributed by atoms with van der Waals surface area (Å²) in [6.45, 7) is 3.29. The number of piperazine rings is 1. The topological polar surface area (TPSA) is 91.7 Å². The minimum absolute atomic E-state index is 0.0532. The number of amides is 4. The van der Waals surface area contributed by atoms with Crippen LogP contribution in [0.4, 0.5) is 4.79 Å². The summed E-state index contributed by atoms with van der Waals surface area (Å²) in [5, 5.41) is 7.98. The van der Waals surface area contributed by atoms with Crippen molar-refractivity contribution < 1.29 is 19.3 Å². The highest BCUT2D eigenvalue weighted by atomic mass is 16.2. The molecule has 2 fully saturated rings. The summed E-state index contributed by atoms with van der Waals surface area (Å²) < 4.78 is 0. The Morgan fingerprint density at radius 2 is 2.00 bits per heavy atom. The van der Waals surface area contributed by atoms with Crippen LogP contribution < -0.4 is 20.9 Å². The molecule has 4 N–H and O–H groups in total. The molecule has 7 nitrogen and oxygen atoms in total. The van der Waals surface area contributed by atoms with Gasteiger partial charge in [-0.05, 0) is 19.8 Å². The Balaban J connectivity index is 1.76. The monoisotopic (exact) mass is 297 g/mol. The highest BCUT2D eigenvalue weighted by Gasteiger charge is 2.30. The summed E-state index contributed by atoms with van der Waals surface area (Å²) in [6.07, 6.45) is 5.43. The zero-order chi connectivity index (χ0) is 15.2. The number of quaternary nitrogens is 1. The lowest BCUT2D eigenvalue weighted by molar-refractivity contribution is -0.907. The standard InChI is InChI=1S/C14H24N4O3/c1-10(18-8-7-15-12(19)9-18)13(20)17-14(21)16-11-5-3-2-4-6-11/h10-11H,2-9H2,1H3,(H,15,19)(H2,16,17,20,21)/p+1/t10-/m0/s1. The molecule has 0 spiro atoms. The Labute approximate surface area is 124 Å². The van der Waals surface area contributed by atoms with E-state index in [-0.39, 0.29) is 24.4 Å². The van der Waals surface area contributed by atoms with Crippen molar-refractivity contribution in [3.05, 3.63) is 0 Å². The minimum Gasteiger partial charge on any atom is -0.346 e. The van der Waals surface area contributed by atoms with Gasteiger partial charge in [0.2, 0.25) is 0 Å². The highest BCUT2D eigenvalue weighted by molar-refractivity contribution is 5.96. The van der Waals surface area contributed by atoms with Crippen molar-refractivity contribution in [2.24, 2.45) is 0 Å². The van der Waals surface area contributed by atoms with E-state index in [0.29, 0.717) is 13.1 Å². The van der Waals surface area contributed by atoms with E-state index in [9.17, 15) is 14.4 Å². The van der Waals surface area contributed by atoms with Crippen molar-refractivity contribution >= 4 is 17.8 Å². The molecular weight excluding hydrogens is 272 g/mol. The first-order chi connectivity index (χ1) is 10.1. The van der Waals surface area contributed by atoms with Gasteiger partial charge in [-0.1, -0.05) is 19.3 Å². The fourth-order valence-corrected chi connectivity index (χ4v) is 2.96. The lowest BCUT2D eigenvalue weighted by Crippen LogP contribution is -3.19. The molecule has 1 aliphatic carbocycles. The second-order valence-corrected chi connectivity index (χ2v) is 5.95. The number of carbonyl (C=O) groups is 3. The van der Waals surface area contributed by atoms with E-state index >= 15 is 0 Å². The average Bonchev–Trinajstić information content (AvgIpc) is 2.47. The lowest BCUT2D eigenvalue weighted by atomic mass is 9.96. The summed E-state index contributed by atoms with van der Waals surface area (Å²) in [5.41, 5.74) is 0. The number of hydrogen-bond acceptors (Lipinski definition) is 3. The summed E-state index contributed by atoms with van der Waals surface area (Å²) >= 11 is 0. The lowest BCUT2D eigenvalue weighted by Gasteiger charge is -2.28. The molecule has 2 rings (SSSR count). The third-order valence-corrected chi connectivity index (χ3v) is 4.34. The minimum atomic E-state index is -0.417. The fourth-order valence-electron chi connectivity index (χ4n) is 2.96. The van der Waals surface area contributed by atoms with E-state index in [1.54, 1.807) is 6.92 Å². The second-order valence-electron chi connectivity index (χ2n) is 5.95. The first kappa shape index (κ1) is 15.8. The van der Waals surface area contributed by atoms with Gasteiger partial charge in [-0.3, -0.25) is 14.9 Å². The summed E-state index contributed by atoms with van der Waals surface area (Å²) in [6, 6.07) is -0.650. The van der Waals surface area contributed by atoms with E-state index in [4.69, 9.17) is 0 Å². The maximum Gasteiger partial charge on any atom is 0.321 e. The van der Waals surface area contributed by atoms with Crippen molar-refractivity contribution in [1.82, 2.24) is 16.0 Å². The average molecular weight is 297 g/mol. The van der Waals surface area contributed by atoms with Crippen molar-refractivity contribution in [2.45, 2.75) is 51.1 Å². The van der Waals surface area contributed by atoms with Crippen molar-refractivity contribution in [3.8, 4) is 0 Å². The molecule has 0 aromatic rings. The van der Waals surface area contributed by atoms with Gasteiger partial charge in [0.25, 0.3) is 11.8 Å². The van der Waals surface area contributed by atoms with Gasteiger partial charge in [-0.15, -0.1) is 0 Å². The van der Waals surface area contributed by atoms with Crippen molar-refractivity contribution in [2.75, 3.05) is 19.6 Å². The molecule has 1 heterocycles. The predicted octanol–water partition coefficient (Wildman–Crippen LogP) is -1.45. The molecule has 1 aliphatic heterocycles. The first-order valence-corrected chi connectivity index (χ1v) is 7.79. The Morgan fingerprint density at radius 3 is 2.67 bits per heavy atom. The van der Waals surface area contributed by atoms with Crippen LogP contribution >= 0.6 is 0 Å². The number of rotatable bonds is 3. The molecule has 0 aromatic carbocycles. The number of hydrogen-bond donors (Lipinski definition) is 4. The molecule has 7 heteroatoms. The van der Waals surface area contributed by atoms with Gasteiger partial charge >= 0.3 is 6.03 Å². The number of imide groups is 1. The van der Waals surface area contributed by atoms with Crippen LogP contribution in [0.3, 0.4) is 0 Å². The molecule has 0 radical (unpaired) electrons. The SMILES string of the molecule is C[C@@H](C(=O)NC(=O)NC1CCCCC1)[NH+]1CCNC(=O)C1. The van der Waals surface area contributed by atoms with Gasteiger partial charge in [-0.25, -0.2) is 4.79 Å². The maximum atomic E-state index is 12.1. The molecule has 1 unspecified atom stereocenters. The molecule has 1 saturated carbocycles. The zero-order valence-corrected chi connectivity index (χ0v) is 12.5. The van der Waals surface area contributed by atoms with Crippen LogP contribution in [0.2, 0.25) is 0 Å². The van der Waals surface area contributed by atoms with Gasteiger partial charge in [0.05, 0.1) is 13.1 Å². The largest absolute Gasteiger partial charge is 0.346 e. The van der Waals surface area contributed by atoms with Crippen molar-refractivity contribution in [1.29, 1.82) is 0 Å². The third kappa shape index (κ3) is 4.70. The second kappa shape index (κ2) is 7.40. The van der Waals surface area contributed by atoms with E-state index in [0.717, 1.165) is 30.6 Å². The highest BCUT2D eigenvalue weighted by Crippen LogP contribution is 2.17. The van der Waals surface area contributed by atoms with E-state index < -0.39 is 12.1 Å². The zero-order valence-electron chi connectivity index (χ0n) is 12.5. The van der Waals surface area contributed by atoms with Gasteiger partial charge < -0.3 is 15.5 Å². The van der Waals surface area contributed by atoms with Crippen molar-refractivity contribution in [3.63, 3.8) is 0 Å². The Bertz CT molecular complexity index is 407. The molecule has 2 aliphatic rings. The molecule has 2 atom stereocenters. The van der Waals surface area contributed by atoms with E-state index in [1.807, 2.05) is 0 Å². The van der Waals surface area contributed by atoms with E-state index in [1.165, 1.54) is 6.42 Å². The van der Waals surface area contributed by atoms with Crippen LogP contribution in [-0.2, 0) is 9.59 Å². The van der Waals surface area contributed by atoms with Gasteiger partial charge in [0.15, 0.2) is 12.6 Å². The van der Waals surface area contributed by atoms with Gasteiger partial charge in [0, 0.05) is 6.04 Å². The summed E-state index contributed by atoms with van der Waals surface area (Å²) in [7, 11) is 0. The fraction of sp³-hybridized carbons (Fsp3) is 0.786. The summed E-state index contributed by atoms with van der Waals surface area (Å²) in [4.78, 5) is 36.2. The predicted molar refractivity (Wildman–Crippen MR) is 76.7 cm³/mol. The smallest absolute Gasteiger partial charge is 0.321 e. The van der Waals surface area contributed by atoms with Crippen LogP contribution in [-0.4, -0.2) is 49.6 Å². The normalized spacial score (nSPS) is 24.8. The maximum absolute atomic E-state index is 12.1. The molecule has 1 saturated heterocycles. The molecule has 0 aromatic heterocycles. The van der Waals surface area contributed by atoms with Gasteiger partial charge in [0.1, 0.15) is 0 Å². The Morgan fingerprint density at radius 1 is 1.29 bits per heavy atom. The molecule has 21 heavy (non-hydrogen) atoms. The quantitative estimate of drug-likeness (QED) is 0.513. The Hall–Kier alpha value is -1.63. The molecular formula is C14H25N4O3+. The molecule has 4 amide bonds. The van der Waals surface area contributed by atoms with E-state index in [2.05, 4.69) is 16.0 Å². The third-order valence-electron chi connectivity index (χ3n) is 4.34. The number of urea groups is 1. The number of carbonyl (C=O) groups excluding carboxylic acids is 3. The van der Waals surface area contributed by atoms with Gasteiger partial charge in [-0.2, -0.15) is 0 Å². The molecule has 0 bridgehead atoms. The summed E-state index contributed by atoms with van der Waals surface area (Å²) in [5.74, 6) is -0.379. The van der Waals surface area contributed by atoms with Crippen LogP contribution in [0.25, 0.3) is 0 Å². The van der Waals surface area contributed by atoms with Crippen LogP contribution in [0.1, 0.15) is 39.0 Å². The first-order valence-electron chi connectivity index (χ1n) is 7.79. The van der Waals surface area contributed by atoms with Crippen LogP contribution in [0.5, 0.6) is 0 Å². The number of nitrogens with one attached hydrogen (secondary N) is 4. The molecule has 118 valence electrons. The Kier molecular flexibility index (Phi) is 5.55.